The molecule has 1 aliphatic heterocycles. The van der Waals surface area contributed by atoms with Crippen LogP contribution in [0.4, 0.5) is 0 Å². The summed E-state index contributed by atoms with van der Waals surface area (Å²) in [5, 5.41) is 2.75. The van der Waals surface area contributed by atoms with Gasteiger partial charge in [-0.15, -0.1) is 0 Å². The van der Waals surface area contributed by atoms with Crippen LogP contribution in [0.3, 0.4) is 0 Å². The molecule has 110 valence electrons. The summed E-state index contributed by atoms with van der Waals surface area (Å²) in [4.78, 5) is 12.6. The molecule has 2 rings (SSSR count). The normalized spacial score (nSPS) is 18.0. The molecule has 0 radical (unpaired) electrons. The molecule has 1 aromatic carbocycles. The number of rotatable bonds is 4. The first kappa shape index (κ1) is 15.3. The molecule has 0 saturated carbocycles. The molecule has 0 spiro atoms. The molecule has 1 atom stereocenters. The molecule has 1 aromatic rings. The Morgan fingerprint density at radius 3 is 2.30 bits per heavy atom. The Labute approximate surface area is 126 Å². The van der Waals surface area contributed by atoms with E-state index in [2.05, 4.69) is 24.3 Å². The van der Waals surface area contributed by atoms with Crippen LogP contribution in [-0.2, 0) is 4.79 Å². The van der Waals surface area contributed by atoms with Crippen molar-refractivity contribution in [2.45, 2.75) is 39.0 Å². The highest BCUT2D eigenvalue weighted by Gasteiger charge is 2.26. The maximum absolute atomic E-state index is 12.6. The van der Waals surface area contributed by atoms with Crippen LogP contribution in [0.5, 0.6) is 0 Å². The fraction of sp³-hybridized carbons (Fsp3) is 0.562. The van der Waals surface area contributed by atoms with Gasteiger partial charge in [-0.25, -0.2) is 5.01 Å². The number of benzene rings is 1. The first-order valence-corrected chi connectivity index (χ1v) is 7.76. The monoisotopic (exact) mass is 294 g/mol. The summed E-state index contributed by atoms with van der Waals surface area (Å²) in [6, 6.07) is 7.59. The molecule has 0 aromatic heterocycles. The van der Waals surface area contributed by atoms with Gasteiger partial charge in [0.05, 0.1) is 5.92 Å². The predicted molar refractivity (Wildman–Crippen MR) is 82.6 cm³/mol. The molecule has 20 heavy (non-hydrogen) atoms. The second-order valence-corrected chi connectivity index (χ2v) is 6.23. The predicted octanol–water partition coefficient (Wildman–Crippen LogP) is 3.60. The van der Waals surface area contributed by atoms with Crippen LogP contribution in [0.1, 0.15) is 44.6 Å². The zero-order chi connectivity index (χ0) is 14.5. The number of nitrogens with one attached hydrogen (secondary N) is 1. The van der Waals surface area contributed by atoms with Crippen molar-refractivity contribution in [3.8, 4) is 0 Å². The van der Waals surface area contributed by atoms with Gasteiger partial charge in [0.2, 0.25) is 5.91 Å². The van der Waals surface area contributed by atoms with E-state index < -0.39 is 0 Å². The van der Waals surface area contributed by atoms with Crippen molar-refractivity contribution >= 4 is 17.5 Å². The van der Waals surface area contributed by atoms with Gasteiger partial charge in [0, 0.05) is 18.1 Å². The topological polar surface area (TPSA) is 32.3 Å². The Balaban J connectivity index is 2.07. The summed E-state index contributed by atoms with van der Waals surface area (Å²) in [6.45, 7) is 6.07. The van der Waals surface area contributed by atoms with Crippen molar-refractivity contribution in [1.29, 1.82) is 0 Å². The van der Waals surface area contributed by atoms with Crippen LogP contribution in [0.2, 0.25) is 5.02 Å². The summed E-state index contributed by atoms with van der Waals surface area (Å²) in [5.74, 6) is 0.208. The van der Waals surface area contributed by atoms with Crippen molar-refractivity contribution in [2.75, 3.05) is 13.1 Å². The number of carbonyl (C=O) groups excluding carboxylic acids is 1. The number of hydrogen-bond acceptors (Lipinski definition) is 2. The molecular formula is C16H23ClN2O. The second-order valence-electron chi connectivity index (χ2n) is 5.80. The molecule has 0 aliphatic carbocycles. The molecule has 1 heterocycles. The number of hydrogen-bond donors (Lipinski definition) is 1. The van der Waals surface area contributed by atoms with Crippen molar-refractivity contribution in [1.82, 2.24) is 10.4 Å². The zero-order valence-corrected chi connectivity index (χ0v) is 13.0. The maximum Gasteiger partial charge on any atom is 0.242 e. The van der Waals surface area contributed by atoms with Gasteiger partial charge < -0.3 is 0 Å². The summed E-state index contributed by atoms with van der Waals surface area (Å²) >= 11 is 5.92. The average molecular weight is 295 g/mol. The van der Waals surface area contributed by atoms with Crippen LogP contribution in [0, 0.1) is 5.92 Å². The number of halogens is 1. The summed E-state index contributed by atoms with van der Waals surface area (Å²) in [5.41, 5.74) is 4.10. The molecule has 1 fully saturated rings. The third-order valence-corrected chi connectivity index (χ3v) is 4.05. The molecule has 0 unspecified atom stereocenters. The Morgan fingerprint density at radius 1 is 1.15 bits per heavy atom. The minimum atomic E-state index is -0.130. The van der Waals surface area contributed by atoms with Crippen molar-refractivity contribution in [2.24, 2.45) is 5.92 Å². The average Bonchev–Trinajstić information content (AvgIpc) is 2.42. The van der Waals surface area contributed by atoms with E-state index in [9.17, 15) is 4.79 Å². The maximum atomic E-state index is 12.6. The Bertz CT molecular complexity index is 438. The minimum absolute atomic E-state index is 0.0872. The number of hydrazine groups is 1. The first-order valence-electron chi connectivity index (χ1n) is 7.39. The molecular weight excluding hydrogens is 272 g/mol. The van der Waals surface area contributed by atoms with Gasteiger partial charge in [-0.2, -0.15) is 0 Å². The van der Waals surface area contributed by atoms with Crippen molar-refractivity contribution < 1.29 is 4.79 Å². The third kappa shape index (κ3) is 3.97. The molecule has 1 saturated heterocycles. The number of amides is 1. The fourth-order valence-corrected chi connectivity index (χ4v) is 2.87. The summed E-state index contributed by atoms with van der Waals surface area (Å²) in [7, 11) is 0. The highest BCUT2D eigenvalue weighted by atomic mass is 35.5. The van der Waals surface area contributed by atoms with Gasteiger partial charge in [-0.1, -0.05) is 44.0 Å². The minimum Gasteiger partial charge on any atom is -0.288 e. The number of nitrogens with zero attached hydrogens (tertiary/aromatic N) is 1. The van der Waals surface area contributed by atoms with Crippen molar-refractivity contribution in [3.05, 3.63) is 34.9 Å². The molecule has 0 bridgehead atoms. The van der Waals surface area contributed by atoms with Gasteiger partial charge in [0.25, 0.3) is 0 Å². The van der Waals surface area contributed by atoms with E-state index in [1.165, 1.54) is 6.42 Å². The van der Waals surface area contributed by atoms with E-state index in [1.54, 1.807) is 0 Å². The quantitative estimate of drug-likeness (QED) is 0.920. The van der Waals surface area contributed by atoms with E-state index in [4.69, 9.17) is 11.6 Å². The second kappa shape index (κ2) is 7.09. The van der Waals surface area contributed by atoms with E-state index >= 15 is 0 Å². The molecule has 4 heteroatoms. The highest BCUT2D eigenvalue weighted by Crippen LogP contribution is 2.26. The van der Waals surface area contributed by atoms with Gasteiger partial charge in [0.1, 0.15) is 0 Å². The van der Waals surface area contributed by atoms with Gasteiger partial charge in [-0.05, 0) is 36.5 Å². The summed E-state index contributed by atoms with van der Waals surface area (Å²) < 4.78 is 0. The summed E-state index contributed by atoms with van der Waals surface area (Å²) in [6.07, 6.45) is 3.58. The SMILES string of the molecule is CC(C)[C@@H](C(=O)NN1CCCCC1)c1ccc(Cl)cc1. The Hall–Kier alpha value is -1.06. The lowest BCUT2D eigenvalue weighted by atomic mass is 9.88. The van der Waals surface area contributed by atoms with Crippen LogP contribution in [0.15, 0.2) is 24.3 Å². The highest BCUT2D eigenvalue weighted by molar-refractivity contribution is 6.30. The standard InChI is InChI=1S/C16H23ClN2O/c1-12(2)15(13-6-8-14(17)9-7-13)16(20)18-19-10-4-3-5-11-19/h6-9,12,15H,3-5,10-11H2,1-2H3,(H,18,20)/t15-/m1/s1. The lowest BCUT2D eigenvalue weighted by Gasteiger charge is -2.30. The Kier molecular flexibility index (Phi) is 5.44. The first-order chi connectivity index (χ1) is 9.58. The van der Waals surface area contributed by atoms with E-state index in [0.29, 0.717) is 5.02 Å². The Morgan fingerprint density at radius 2 is 1.75 bits per heavy atom. The van der Waals surface area contributed by atoms with E-state index in [0.717, 1.165) is 31.5 Å². The fourth-order valence-electron chi connectivity index (χ4n) is 2.74. The molecule has 3 nitrogen and oxygen atoms in total. The van der Waals surface area contributed by atoms with E-state index in [1.807, 2.05) is 24.3 Å². The lowest BCUT2D eigenvalue weighted by Crippen LogP contribution is -2.47. The van der Waals surface area contributed by atoms with Crippen LogP contribution in [-0.4, -0.2) is 24.0 Å². The van der Waals surface area contributed by atoms with Gasteiger partial charge in [-0.3, -0.25) is 10.2 Å². The van der Waals surface area contributed by atoms with Gasteiger partial charge in [0.15, 0.2) is 0 Å². The third-order valence-electron chi connectivity index (χ3n) is 3.80. The zero-order valence-electron chi connectivity index (χ0n) is 12.2. The largest absolute Gasteiger partial charge is 0.288 e. The molecule has 1 N–H and O–H groups in total. The van der Waals surface area contributed by atoms with Gasteiger partial charge >= 0.3 is 0 Å². The number of carbonyl (C=O) groups is 1. The molecule has 1 aliphatic rings. The molecule has 1 amide bonds. The van der Waals surface area contributed by atoms with Crippen molar-refractivity contribution in [3.63, 3.8) is 0 Å². The number of piperidine rings is 1. The van der Waals surface area contributed by atoms with E-state index in [-0.39, 0.29) is 17.7 Å². The van der Waals surface area contributed by atoms with Crippen LogP contribution >= 0.6 is 11.6 Å². The smallest absolute Gasteiger partial charge is 0.242 e. The van der Waals surface area contributed by atoms with Crippen LogP contribution in [0.25, 0.3) is 0 Å². The van der Waals surface area contributed by atoms with Crippen LogP contribution < -0.4 is 5.43 Å². The lowest BCUT2D eigenvalue weighted by molar-refractivity contribution is -0.128.